The number of aromatic amines is 1. The zero-order valence-electron chi connectivity index (χ0n) is 20.3. The maximum Gasteiger partial charge on any atom is 0.418 e. The molecule has 38 heavy (non-hydrogen) atoms. The van der Waals surface area contributed by atoms with Gasteiger partial charge in [-0.1, -0.05) is 29.5 Å². The Morgan fingerprint density at radius 3 is 2.71 bits per heavy atom. The molecule has 3 aromatic rings. The molecule has 6 nitrogen and oxygen atoms in total. The van der Waals surface area contributed by atoms with Gasteiger partial charge >= 0.3 is 11.0 Å². The fourth-order valence-corrected chi connectivity index (χ4v) is 9.28. The molecular formula is C27H25F3N2O4S2. The van der Waals surface area contributed by atoms with Crippen LogP contribution in [-0.2, 0) is 11.0 Å². The molecule has 4 unspecified atom stereocenters. The largest absolute Gasteiger partial charge is 0.493 e. The van der Waals surface area contributed by atoms with E-state index in [1.165, 1.54) is 55.9 Å². The molecule has 0 saturated heterocycles. The average molecular weight is 563 g/mol. The van der Waals surface area contributed by atoms with Gasteiger partial charge in [0.25, 0.3) is 5.91 Å². The molecule has 1 amide bonds. The second kappa shape index (κ2) is 9.68. The first kappa shape index (κ1) is 25.4. The van der Waals surface area contributed by atoms with Crippen LogP contribution in [0.25, 0.3) is 0 Å². The topological polar surface area (TPSA) is 80.4 Å². The third kappa shape index (κ3) is 4.49. The number of para-hydroxylation sites is 1. The van der Waals surface area contributed by atoms with E-state index in [2.05, 4.69) is 10.3 Å². The first-order valence-electron chi connectivity index (χ1n) is 12.4. The number of hydrogen-bond acceptors (Lipinski definition) is 6. The number of alkyl halides is 3. The summed E-state index contributed by atoms with van der Waals surface area (Å²) in [5.74, 6) is 1.82. The smallest absolute Gasteiger partial charge is 0.418 e. The van der Waals surface area contributed by atoms with Crippen molar-refractivity contribution in [3.05, 3.63) is 68.1 Å². The Morgan fingerprint density at radius 2 is 1.92 bits per heavy atom. The van der Waals surface area contributed by atoms with Gasteiger partial charge in [-0.2, -0.15) is 13.2 Å². The summed E-state index contributed by atoms with van der Waals surface area (Å²) in [5, 5.41) is 3.72. The van der Waals surface area contributed by atoms with Crippen LogP contribution in [0.5, 0.6) is 11.5 Å². The highest BCUT2D eigenvalue weighted by Crippen LogP contribution is 2.63. The number of methoxy groups -OCH3 is 1. The summed E-state index contributed by atoms with van der Waals surface area (Å²) in [6.07, 6.45) is -0.918. The zero-order chi connectivity index (χ0) is 26.6. The molecule has 2 heterocycles. The summed E-state index contributed by atoms with van der Waals surface area (Å²) in [4.78, 5) is 28.7. The molecule has 0 spiro atoms. The lowest BCUT2D eigenvalue weighted by atomic mass is 9.75. The van der Waals surface area contributed by atoms with Crippen LogP contribution >= 0.6 is 23.1 Å². The van der Waals surface area contributed by atoms with Crippen LogP contribution in [0.15, 0.2) is 52.3 Å². The predicted molar refractivity (Wildman–Crippen MR) is 139 cm³/mol. The number of fused-ring (bicyclic) bond motifs is 6. The van der Waals surface area contributed by atoms with Crippen LogP contribution in [-0.4, -0.2) is 29.9 Å². The summed E-state index contributed by atoms with van der Waals surface area (Å²) in [6.45, 7) is -0.486. The van der Waals surface area contributed by atoms with Gasteiger partial charge in [0, 0.05) is 16.0 Å². The number of H-pyrrole nitrogens is 1. The van der Waals surface area contributed by atoms with E-state index in [0.717, 1.165) is 21.5 Å². The van der Waals surface area contributed by atoms with Crippen LogP contribution in [0.4, 0.5) is 18.9 Å². The molecule has 5 atom stereocenters. The highest BCUT2D eigenvalue weighted by atomic mass is 32.2. The van der Waals surface area contributed by atoms with Gasteiger partial charge in [-0.25, -0.2) is 0 Å². The third-order valence-corrected chi connectivity index (χ3v) is 10.5. The molecule has 2 N–H and O–H groups in total. The number of rotatable bonds is 6. The average Bonchev–Trinajstić information content (AvgIpc) is 3.60. The summed E-state index contributed by atoms with van der Waals surface area (Å²) >= 11 is 3.09. The fourth-order valence-electron chi connectivity index (χ4n) is 6.39. The van der Waals surface area contributed by atoms with Crippen molar-refractivity contribution >= 4 is 34.7 Å². The van der Waals surface area contributed by atoms with Gasteiger partial charge in [0.2, 0.25) is 0 Å². The van der Waals surface area contributed by atoms with Crippen molar-refractivity contribution < 1.29 is 27.4 Å². The molecule has 2 saturated carbocycles. The van der Waals surface area contributed by atoms with Crippen molar-refractivity contribution in [2.24, 2.45) is 17.8 Å². The minimum Gasteiger partial charge on any atom is -0.493 e. The van der Waals surface area contributed by atoms with Crippen molar-refractivity contribution in [2.75, 3.05) is 19.0 Å². The fraction of sp³-hybridized carbons (Fsp3) is 0.407. The van der Waals surface area contributed by atoms with E-state index in [-0.39, 0.29) is 16.5 Å². The number of nitrogens with one attached hydrogen (secondary N) is 2. The molecular weight excluding hydrogens is 537 g/mol. The summed E-state index contributed by atoms with van der Waals surface area (Å²) < 4.78 is 51.0. The van der Waals surface area contributed by atoms with Crippen LogP contribution < -0.4 is 19.7 Å². The lowest BCUT2D eigenvalue weighted by Gasteiger charge is -2.40. The highest BCUT2D eigenvalue weighted by molar-refractivity contribution is 8.00. The second-order valence-corrected chi connectivity index (χ2v) is 12.2. The molecule has 1 aliphatic heterocycles. The Hall–Kier alpha value is -2.92. The maximum atomic E-state index is 13.2. The van der Waals surface area contributed by atoms with Crippen molar-refractivity contribution in [3.63, 3.8) is 0 Å². The molecule has 2 aromatic carbocycles. The molecule has 6 rings (SSSR count). The van der Waals surface area contributed by atoms with Gasteiger partial charge < -0.3 is 19.8 Å². The SMILES string of the molecule is COc1cc([C@H]2c3sc(=O)[nH]c3SC3C4CCC(C4)C32)ccc1OCC(=O)Nc1ccccc1C(F)(F)F. The Bertz CT molecular complexity index is 1440. The molecule has 2 bridgehead atoms. The van der Waals surface area contributed by atoms with Gasteiger partial charge in [-0.3, -0.25) is 9.59 Å². The predicted octanol–water partition coefficient (Wildman–Crippen LogP) is 6.13. The standard InChI is InChI=1S/C27H25F3N2O4S2/c1-35-19-11-14(22-21-13-6-7-15(10-13)23(21)37-25-24(22)38-26(34)32-25)8-9-18(19)36-12-20(33)31-17-5-3-2-4-16(17)27(28,29)30/h2-5,8-9,11,13,15,21-23H,6-7,10,12H2,1H3,(H,31,33)(H,32,34)/t13?,15?,21?,22-,23?/m1/s1. The van der Waals surface area contributed by atoms with Gasteiger partial charge in [0.05, 0.1) is 23.4 Å². The summed E-state index contributed by atoms with van der Waals surface area (Å²) in [5.41, 5.74) is -0.226. The van der Waals surface area contributed by atoms with Crippen LogP contribution in [0.2, 0.25) is 0 Å². The first-order valence-corrected chi connectivity index (χ1v) is 14.1. The lowest BCUT2D eigenvalue weighted by Crippen LogP contribution is -2.33. The first-order chi connectivity index (χ1) is 18.2. The van der Waals surface area contributed by atoms with Crippen molar-refractivity contribution in [1.82, 2.24) is 4.98 Å². The number of benzene rings is 2. The Morgan fingerprint density at radius 1 is 1.13 bits per heavy atom. The molecule has 2 fully saturated rings. The van der Waals surface area contributed by atoms with E-state index in [9.17, 15) is 22.8 Å². The summed E-state index contributed by atoms with van der Waals surface area (Å²) in [7, 11) is 1.50. The van der Waals surface area contributed by atoms with E-state index in [1.807, 2.05) is 23.9 Å². The van der Waals surface area contributed by atoms with Gasteiger partial charge in [-0.15, -0.1) is 11.8 Å². The molecule has 3 aliphatic rings. The second-order valence-electron chi connectivity index (χ2n) is 9.97. The normalized spacial score (nSPS) is 25.5. The molecule has 0 radical (unpaired) electrons. The van der Waals surface area contributed by atoms with Crippen molar-refractivity contribution in [2.45, 2.75) is 41.6 Å². The van der Waals surface area contributed by atoms with E-state index in [1.54, 1.807) is 6.07 Å². The minimum atomic E-state index is -4.59. The number of thioether (sulfide) groups is 1. The number of carbonyl (C=O) groups is 1. The van der Waals surface area contributed by atoms with Gasteiger partial charge in [0.1, 0.15) is 0 Å². The van der Waals surface area contributed by atoms with E-state index in [4.69, 9.17) is 9.47 Å². The highest BCUT2D eigenvalue weighted by Gasteiger charge is 2.54. The number of ether oxygens (including phenoxy) is 2. The quantitative estimate of drug-likeness (QED) is 0.378. The number of thiazole rings is 1. The van der Waals surface area contributed by atoms with Crippen LogP contribution in [0.3, 0.4) is 0 Å². The number of carbonyl (C=O) groups excluding carboxylic acids is 1. The number of aromatic nitrogens is 1. The van der Waals surface area contributed by atoms with E-state index >= 15 is 0 Å². The molecule has 1 aromatic heterocycles. The summed E-state index contributed by atoms with van der Waals surface area (Å²) in [6, 6.07) is 10.4. The Labute approximate surface area is 224 Å². The molecule has 2 aliphatic carbocycles. The Kier molecular flexibility index (Phi) is 6.46. The van der Waals surface area contributed by atoms with Crippen LogP contribution in [0.1, 0.15) is 41.2 Å². The molecule has 11 heteroatoms. The van der Waals surface area contributed by atoms with Gasteiger partial charge in [-0.05, 0) is 66.8 Å². The Balaban J connectivity index is 1.22. The number of amides is 1. The third-order valence-electron chi connectivity index (χ3n) is 7.88. The lowest BCUT2D eigenvalue weighted by molar-refractivity contribution is -0.137. The minimum absolute atomic E-state index is 0.0511. The number of hydrogen-bond donors (Lipinski definition) is 2. The number of anilines is 1. The van der Waals surface area contributed by atoms with Crippen molar-refractivity contribution in [1.29, 1.82) is 0 Å². The monoisotopic (exact) mass is 562 g/mol. The van der Waals surface area contributed by atoms with Crippen molar-refractivity contribution in [3.8, 4) is 11.5 Å². The number of halogens is 3. The van der Waals surface area contributed by atoms with Crippen LogP contribution in [0, 0.1) is 17.8 Å². The van der Waals surface area contributed by atoms with E-state index in [0.29, 0.717) is 34.5 Å². The maximum absolute atomic E-state index is 13.2. The van der Waals surface area contributed by atoms with Gasteiger partial charge in [0.15, 0.2) is 18.1 Å². The molecule has 200 valence electrons. The zero-order valence-corrected chi connectivity index (χ0v) is 22.0. The van der Waals surface area contributed by atoms with E-state index < -0.39 is 24.3 Å².